The molecule has 0 aliphatic heterocycles. The van der Waals surface area contributed by atoms with Crippen LogP contribution in [0.25, 0.3) is 0 Å². The van der Waals surface area contributed by atoms with Crippen LogP contribution in [0.1, 0.15) is 189 Å². The number of allylic oxidation sites excluding steroid dienone is 4. The minimum atomic E-state index is -5.02. The second kappa shape index (κ2) is 32.5. The smallest absolute Gasteiger partial charge is 0.744 e. The van der Waals surface area contributed by atoms with Crippen LogP contribution in [0.2, 0.25) is 0 Å². The van der Waals surface area contributed by atoms with Crippen molar-refractivity contribution in [2.45, 2.75) is 173 Å². The van der Waals surface area contributed by atoms with Gasteiger partial charge in [0, 0.05) is 0 Å². The third-order valence-electron chi connectivity index (χ3n) is 8.50. The average molecular weight is 713 g/mol. The third-order valence-corrected chi connectivity index (χ3v) is 9.38. The monoisotopic (exact) mass is 712 g/mol. The fourth-order valence-electron chi connectivity index (χ4n) is 5.62. The molecule has 0 fully saturated rings. The van der Waals surface area contributed by atoms with Crippen LogP contribution in [0, 0.1) is 0 Å². The molecule has 1 aromatic rings. The molecule has 9 heteroatoms. The van der Waals surface area contributed by atoms with Gasteiger partial charge in [-0.05, 0) is 63.5 Å². The van der Waals surface area contributed by atoms with Gasteiger partial charge in [-0.2, -0.15) is 0 Å². The molecule has 0 aliphatic carbocycles. The average Bonchev–Trinajstić information content (AvgIpc) is 3.07. The van der Waals surface area contributed by atoms with Crippen LogP contribution in [-0.4, -0.2) is 38.1 Å². The van der Waals surface area contributed by atoms with Crippen molar-refractivity contribution in [3.05, 3.63) is 53.6 Å². The van der Waals surface area contributed by atoms with Gasteiger partial charge in [0.1, 0.15) is 10.1 Å². The Labute approximate surface area is 321 Å². The summed E-state index contributed by atoms with van der Waals surface area (Å²) in [7, 11) is -5.02. The maximum Gasteiger partial charge on any atom is 1.00 e. The minimum Gasteiger partial charge on any atom is -0.744 e. The topological polar surface area (TPSA) is 110 Å². The van der Waals surface area contributed by atoms with Crippen molar-refractivity contribution in [1.29, 1.82) is 0 Å². The van der Waals surface area contributed by atoms with E-state index in [9.17, 15) is 22.6 Å². The molecule has 1 rings (SSSR count). The van der Waals surface area contributed by atoms with Gasteiger partial charge in [0.05, 0.1) is 29.2 Å². The Hall–Kier alpha value is -1.45. The molecule has 0 spiro atoms. The standard InChI is InChI=1S/C40H66O7S.Na/c1-3-5-7-9-11-13-15-17-19-21-23-25-27-29-34-46-39(41)36-32-31-33-37(48(43,44)45)38(36)40(42)47-35-30-28-26-24-22-20-18-16-14-12-10-8-6-4-2;/h23-26,31-33H,3-22,27-30,34-35H2,1-2H3,(H,43,44,45);/q;+1/p-1/b25-23+,26-24+;. The van der Waals surface area contributed by atoms with E-state index in [1.165, 1.54) is 121 Å². The first-order valence-electron chi connectivity index (χ1n) is 19.1. The zero-order chi connectivity index (χ0) is 35.1. The number of carbonyl (C=O) groups is 2. The molecule has 7 nitrogen and oxygen atoms in total. The van der Waals surface area contributed by atoms with E-state index >= 15 is 0 Å². The van der Waals surface area contributed by atoms with Crippen LogP contribution in [0.4, 0.5) is 0 Å². The second-order valence-electron chi connectivity index (χ2n) is 12.9. The van der Waals surface area contributed by atoms with E-state index in [4.69, 9.17) is 9.47 Å². The van der Waals surface area contributed by atoms with Gasteiger partial charge >= 0.3 is 41.5 Å². The van der Waals surface area contributed by atoms with Crippen molar-refractivity contribution >= 4 is 22.1 Å². The normalized spacial score (nSPS) is 11.7. The van der Waals surface area contributed by atoms with E-state index in [0.29, 0.717) is 19.3 Å². The van der Waals surface area contributed by atoms with Crippen molar-refractivity contribution in [2.75, 3.05) is 13.2 Å². The predicted octanol–water partition coefficient (Wildman–Crippen LogP) is 8.42. The van der Waals surface area contributed by atoms with Crippen LogP contribution in [0.5, 0.6) is 0 Å². The Balaban J connectivity index is 0.0000230. The van der Waals surface area contributed by atoms with Gasteiger partial charge in [0.2, 0.25) is 0 Å². The van der Waals surface area contributed by atoms with Crippen LogP contribution in [0.3, 0.4) is 0 Å². The van der Waals surface area contributed by atoms with Crippen LogP contribution in [0.15, 0.2) is 47.4 Å². The molecule has 0 N–H and O–H groups in total. The Morgan fingerprint density at radius 1 is 0.571 bits per heavy atom. The molecule has 0 atom stereocenters. The predicted molar refractivity (Wildman–Crippen MR) is 195 cm³/mol. The summed E-state index contributed by atoms with van der Waals surface area (Å²) >= 11 is 0. The van der Waals surface area contributed by atoms with Gasteiger partial charge in [-0.3, -0.25) is 0 Å². The number of esters is 2. The quantitative estimate of drug-likeness (QED) is 0.0250. The number of unbranched alkanes of at least 4 members (excludes halogenated alkanes) is 20. The summed E-state index contributed by atoms with van der Waals surface area (Å²) in [6.07, 6.45) is 36.4. The molecule has 0 aromatic heterocycles. The summed E-state index contributed by atoms with van der Waals surface area (Å²) < 4.78 is 46.4. The van der Waals surface area contributed by atoms with Crippen LogP contribution in [-0.2, 0) is 19.6 Å². The zero-order valence-corrected chi connectivity index (χ0v) is 34.0. The van der Waals surface area contributed by atoms with E-state index in [-0.39, 0.29) is 48.3 Å². The Morgan fingerprint density at radius 3 is 1.35 bits per heavy atom. The molecule has 0 radical (unpaired) electrons. The van der Waals surface area contributed by atoms with Crippen LogP contribution >= 0.6 is 0 Å². The fourth-order valence-corrected chi connectivity index (χ4v) is 6.31. The summed E-state index contributed by atoms with van der Waals surface area (Å²) in [5.74, 6) is -1.87. The molecular formula is C40H65NaO7S. The van der Waals surface area contributed by atoms with Crippen molar-refractivity contribution in [3.63, 3.8) is 0 Å². The third kappa shape index (κ3) is 25.2. The first-order chi connectivity index (χ1) is 23.3. The first-order valence-corrected chi connectivity index (χ1v) is 20.5. The zero-order valence-electron chi connectivity index (χ0n) is 31.2. The number of rotatable bonds is 31. The Morgan fingerprint density at radius 2 is 0.939 bits per heavy atom. The van der Waals surface area contributed by atoms with Gasteiger partial charge in [0.25, 0.3) is 0 Å². The van der Waals surface area contributed by atoms with Crippen molar-refractivity contribution < 1.29 is 61.6 Å². The maximum absolute atomic E-state index is 12.9. The van der Waals surface area contributed by atoms with Gasteiger partial charge in [-0.15, -0.1) is 0 Å². The number of hydrogen-bond acceptors (Lipinski definition) is 7. The molecule has 0 unspecified atom stereocenters. The van der Waals surface area contributed by atoms with Gasteiger partial charge in [-0.25, -0.2) is 18.0 Å². The van der Waals surface area contributed by atoms with E-state index in [1.807, 2.05) is 0 Å². The number of hydrogen-bond donors (Lipinski definition) is 0. The molecule has 0 bridgehead atoms. The van der Waals surface area contributed by atoms with E-state index < -0.39 is 32.5 Å². The summed E-state index contributed by atoms with van der Waals surface area (Å²) in [6.45, 7) is 4.62. The SMILES string of the molecule is CCCCCCCCCCC/C=C/CCCOC(=O)c1cccc(S(=O)(=O)[O-])c1C(=O)OCCC/C=C/CCCCCCCCCCC.[Na+]. The number of ether oxygens (including phenoxy) is 2. The fraction of sp³-hybridized carbons (Fsp3) is 0.700. The van der Waals surface area contributed by atoms with Gasteiger partial charge in [0.15, 0.2) is 0 Å². The van der Waals surface area contributed by atoms with E-state index in [1.54, 1.807) is 0 Å². The van der Waals surface area contributed by atoms with E-state index in [0.717, 1.165) is 31.7 Å². The van der Waals surface area contributed by atoms with E-state index in [2.05, 4.69) is 38.2 Å². The minimum absolute atomic E-state index is 0. The van der Waals surface area contributed by atoms with Gasteiger partial charge < -0.3 is 14.0 Å². The molecular weight excluding hydrogens is 647 g/mol. The summed E-state index contributed by atoms with van der Waals surface area (Å²) in [5, 5.41) is 0. The molecule has 0 aliphatic rings. The maximum atomic E-state index is 12.9. The molecule has 0 amide bonds. The second-order valence-corrected chi connectivity index (χ2v) is 14.2. The molecule has 0 heterocycles. The molecule has 0 saturated carbocycles. The number of carbonyl (C=O) groups excluding carboxylic acids is 2. The molecule has 49 heavy (non-hydrogen) atoms. The van der Waals surface area contributed by atoms with Crippen molar-refractivity contribution in [2.24, 2.45) is 0 Å². The molecule has 274 valence electrons. The van der Waals surface area contributed by atoms with Crippen molar-refractivity contribution in [3.8, 4) is 0 Å². The molecule has 1 aromatic carbocycles. The van der Waals surface area contributed by atoms with Gasteiger partial charge in [-0.1, -0.05) is 147 Å². The Bertz CT molecular complexity index is 1150. The largest absolute Gasteiger partial charge is 1.00 e. The summed E-state index contributed by atoms with van der Waals surface area (Å²) in [4.78, 5) is 25.0. The summed E-state index contributed by atoms with van der Waals surface area (Å²) in [6, 6.07) is 3.56. The first kappa shape index (κ1) is 47.5. The Kier molecular flexibility index (Phi) is 31.5. The van der Waals surface area contributed by atoms with Crippen LogP contribution < -0.4 is 29.6 Å². The summed E-state index contributed by atoms with van der Waals surface area (Å²) in [5.41, 5.74) is -0.835. The van der Waals surface area contributed by atoms with Crippen molar-refractivity contribution in [1.82, 2.24) is 0 Å². The number of benzene rings is 1. The molecule has 0 saturated heterocycles.